The molecule has 0 aliphatic carbocycles. The summed E-state index contributed by atoms with van der Waals surface area (Å²) in [6.07, 6.45) is -11.5. The first-order valence-corrected chi connectivity index (χ1v) is 17.3. The van der Waals surface area contributed by atoms with Crippen molar-refractivity contribution in [2.24, 2.45) is 4.99 Å². The molecule has 2 fully saturated rings. The van der Waals surface area contributed by atoms with Crippen LogP contribution in [0.1, 0.15) is 61.3 Å². The Kier molecular flexibility index (Phi) is 11.9. The number of para-hydroxylation sites is 1. The van der Waals surface area contributed by atoms with Gasteiger partial charge in [-0.05, 0) is 19.1 Å². The lowest BCUT2D eigenvalue weighted by Gasteiger charge is -2.57. The fourth-order valence-corrected chi connectivity index (χ4v) is 10.6. The average Bonchev–Trinajstić information content (AvgIpc) is 2.91. The van der Waals surface area contributed by atoms with Gasteiger partial charge in [-0.3, -0.25) is 9.59 Å². The van der Waals surface area contributed by atoms with Gasteiger partial charge in [0.15, 0.2) is 6.10 Å². The van der Waals surface area contributed by atoms with Crippen LogP contribution in [0.2, 0.25) is 10.1 Å². The molecule has 2 saturated heterocycles. The van der Waals surface area contributed by atoms with Crippen molar-refractivity contribution < 1.29 is 50.6 Å². The number of carbonyl (C=O) groups excluding carboxylic acids is 3. The average molecular weight is 734 g/mol. The van der Waals surface area contributed by atoms with E-state index in [2.05, 4.69) is 10.3 Å². The second-order valence-corrected chi connectivity index (χ2v) is 20.1. The first-order valence-electron chi connectivity index (χ1n) is 14.4. The fourth-order valence-electron chi connectivity index (χ4n) is 5.52. The maximum Gasteiger partial charge on any atom is 0.468 e. The number of ketones is 1. The number of ether oxygens (including phenoxy) is 3. The van der Waals surface area contributed by atoms with Crippen LogP contribution < -0.4 is 5.32 Å². The number of aliphatic imine (C=N–C) groups is 1. The molecular weight excluding hydrogens is 696 g/mol. The quantitative estimate of drug-likeness (QED) is 0.109. The molecule has 258 valence electrons. The Labute approximate surface area is 281 Å². The van der Waals surface area contributed by atoms with Crippen molar-refractivity contribution in [3.8, 4) is 0 Å². The largest absolute Gasteiger partial charge is 0.468 e. The van der Waals surface area contributed by atoms with Gasteiger partial charge in [0.25, 0.3) is 15.6 Å². The van der Waals surface area contributed by atoms with E-state index in [9.17, 15) is 27.6 Å². The number of amides is 1. The first-order chi connectivity index (χ1) is 21.0. The molecule has 17 heteroatoms. The highest BCUT2D eigenvalue weighted by Crippen LogP contribution is 2.55. The van der Waals surface area contributed by atoms with Crippen molar-refractivity contribution in [2.75, 3.05) is 6.61 Å². The molecule has 1 aromatic rings. The number of benzene rings is 1. The van der Waals surface area contributed by atoms with Crippen LogP contribution in [0.3, 0.4) is 0 Å². The predicted molar refractivity (Wildman–Crippen MR) is 167 cm³/mol. The smallest absolute Gasteiger partial charge is 0.457 e. The number of hydrogen-bond donors (Lipinski definition) is 1. The van der Waals surface area contributed by atoms with E-state index in [4.69, 9.17) is 57.9 Å². The second-order valence-electron chi connectivity index (χ2n) is 13.1. The van der Waals surface area contributed by atoms with Gasteiger partial charge in [-0.25, -0.2) is 4.99 Å². The Bertz CT molecular complexity index is 1290. The van der Waals surface area contributed by atoms with Crippen LogP contribution in [0.5, 0.6) is 0 Å². The third kappa shape index (κ3) is 9.14. The molecule has 0 radical (unpaired) electrons. The molecule has 2 aliphatic rings. The van der Waals surface area contributed by atoms with Crippen molar-refractivity contribution in [1.82, 2.24) is 5.32 Å². The lowest BCUT2D eigenvalue weighted by molar-refractivity contribution is -0.269. The van der Waals surface area contributed by atoms with E-state index in [1.54, 1.807) is 6.07 Å². The molecule has 0 unspecified atom stereocenters. The van der Waals surface area contributed by atoms with Crippen molar-refractivity contribution in [3.63, 3.8) is 0 Å². The highest BCUT2D eigenvalue weighted by atomic mass is 35.6. The van der Waals surface area contributed by atoms with Crippen molar-refractivity contribution in [1.29, 1.82) is 0 Å². The molecule has 1 aromatic carbocycles. The third-order valence-electron chi connectivity index (χ3n) is 7.34. The van der Waals surface area contributed by atoms with Crippen molar-refractivity contribution in [3.05, 3.63) is 30.3 Å². The molecular formula is C29H38Cl3F3N2O8Si. The monoisotopic (exact) mass is 732 g/mol. The molecule has 46 heavy (non-hydrogen) atoms. The van der Waals surface area contributed by atoms with E-state index in [-0.39, 0.29) is 30.9 Å². The number of nitrogens with zero attached hydrogens (tertiary/aromatic N) is 1. The summed E-state index contributed by atoms with van der Waals surface area (Å²) in [6.45, 7) is 12.6. The minimum Gasteiger partial charge on any atom is -0.457 e. The molecule has 2 heterocycles. The van der Waals surface area contributed by atoms with E-state index < -0.39 is 77.0 Å². The summed E-state index contributed by atoms with van der Waals surface area (Å²) >= 11 is 17.5. The molecule has 1 amide bonds. The lowest BCUT2D eigenvalue weighted by atomic mass is 9.96. The zero-order chi connectivity index (χ0) is 34.9. The molecule has 3 rings (SSSR count). The van der Waals surface area contributed by atoms with Gasteiger partial charge >= 0.3 is 20.7 Å². The number of hydrogen-bond acceptors (Lipinski definition) is 9. The number of halogens is 6. The summed E-state index contributed by atoms with van der Waals surface area (Å²) in [7, 11) is -3.33. The predicted octanol–water partition coefficient (Wildman–Crippen LogP) is 6.61. The summed E-state index contributed by atoms with van der Waals surface area (Å²) < 4.78 is 70.6. The lowest BCUT2D eigenvalue weighted by Crippen LogP contribution is -2.74. The summed E-state index contributed by atoms with van der Waals surface area (Å²) in [4.78, 5) is 41.3. The number of nitrogens with one attached hydrogen (secondary N) is 1. The highest BCUT2D eigenvalue weighted by molar-refractivity contribution is 6.76. The van der Waals surface area contributed by atoms with E-state index >= 15 is 0 Å². The number of Topliss-reactive ketones (excluding diaryl/α,β-unsaturated/α-hetero) is 1. The Morgan fingerprint density at radius 2 is 1.57 bits per heavy atom. The number of fused-ring (bicyclic) bond motifs is 1. The normalized spacial score (nSPS) is 25.7. The molecule has 5 atom stereocenters. The van der Waals surface area contributed by atoms with Crippen LogP contribution >= 0.6 is 34.8 Å². The van der Waals surface area contributed by atoms with Gasteiger partial charge in [-0.1, -0.05) is 94.5 Å². The number of alkyl halides is 6. The number of carbonyl (C=O) groups is 3. The van der Waals surface area contributed by atoms with E-state index in [0.717, 1.165) is 0 Å². The highest BCUT2D eigenvalue weighted by Gasteiger charge is 2.66. The van der Waals surface area contributed by atoms with Gasteiger partial charge in [0, 0.05) is 16.5 Å². The minimum atomic E-state index is -5.13. The maximum atomic E-state index is 14.3. The van der Waals surface area contributed by atoms with Gasteiger partial charge in [0.05, 0.1) is 18.7 Å². The molecule has 0 saturated carbocycles. The van der Waals surface area contributed by atoms with Gasteiger partial charge in [-0.2, -0.15) is 13.2 Å². The molecule has 0 aromatic heterocycles. The van der Waals surface area contributed by atoms with E-state index in [1.165, 1.54) is 31.2 Å². The van der Waals surface area contributed by atoms with E-state index in [1.807, 2.05) is 41.5 Å². The van der Waals surface area contributed by atoms with Gasteiger partial charge in [-0.15, -0.1) is 0 Å². The van der Waals surface area contributed by atoms with Crippen LogP contribution in [0.15, 0.2) is 35.3 Å². The molecule has 0 spiro atoms. The standard InChI is InChI=1S/C29H38Cl3F3N2O8Si/c1-16(38)13-14-19(39)43-22-20(37-24(40)28(30,31)32)23(44-25(29(33,34)35)36-17-11-9-8-10-12-17)42-18-15-41-46(26(2,3)4,27(5,6)7)45-21(18)22/h8-12,18,20-23H,13-15H2,1-7H3,(H,37,40)/t18-,20-,21-,22-,23-/m1/s1. The SMILES string of the molecule is CC(=O)CCC(=O)O[C@@H]1[C@@H](NC(=O)C(Cl)(Cl)Cl)[C@@H](OC(=Nc2ccccc2)C(F)(F)F)O[C@@H]2CO[Si](C(C)(C)C)(C(C)(C)C)O[C@@H]12. The van der Waals surface area contributed by atoms with Crippen molar-refractivity contribution in [2.45, 2.75) is 112 Å². The zero-order valence-corrected chi connectivity index (χ0v) is 29.6. The van der Waals surface area contributed by atoms with Gasteiger partial charge < -0.3 is 33.2 Å². The van der Waals surface area contributed by atoms with Crippen molar-refractivity contribution >= 4 is 72.6 Å². The van der Waals surface area contributed by atoms with Crippen LogP contribution in [-0.4, -0.2) is 79.3 Å². The third-order valence-corrected chi connectivity index (χ3v) is 13.0. The molecule has 0 bridgehead atoms. The first kappa shape index (κ1) is 38.5. The van der Waals surface area contributed by atoms with Gasteiger partial charge in [0.1, 0.15) is 24.0 Å². The van der Waals surface area contributed by atoms with Crippen LogP contribution in [0.25, 0.3) is 0 Å². The Balaban J connectivity index is 2.17. The number of rotatable bonds is 7. The van der Waals surface area contributed by atoms with Crippen LogP contribution in [0.4, 0.5) is 18.9 Å². The Morgan fingerprint density at radius 3 is 2.07 bits per heavy atom. The van der Waals surface area contributed by atoms with Crippen LogP contribution in [0, 0.1) is 0 Å². The fraction of sp³-hybridized carbons (Fsp3) is 0.655. The van der Waals surface area contributed by atoms with E-state index in [0.29, 0.717) is 0 Å². The molecule has 2 aliphatic heterocycles. The Morgan fingerprint density at radius 1 is 0.978 bits per heavy atom. The topological polar surface area (TPSA) is 122 Å². The number of esters is 1. The van der Waals surface area contributed by atoms with Gasteiger partial charge in [0.2, 0.25) is 6.29 Å². The molecule has 10 nitrogen and oxygen atoms in total. The summed E-state index contributed by atoms with van der Waals surface area (Å²) in [5, 5.41) is 1.18. The summed E-state index contributed by atoms with van der Waals surface area (Å²) in [5.41, 5.74) is -0.0898. The van der Waals surface area contributed by atoms with Crippen LogP contribution in [-0.2, 0) is 37.4 Å². The molecule has 1 N–H and O–H groups in total. The Hall–Kier alpha value is -1.94. The second kappa shape index (κ2) is 14.3. The minimum absolute atomic E-state index is 0.0898. The maximum absolute atomic E-state index is 14.3. The summed E-state index contributed by atoms with van der Waals surface area (Å²) in [6, 6.07) is 5.46. The summed E-state index contributed by atoms with van der Waals surface area (Å²) in [5.74, 6) is -4.18. The zero-order valence-electron chi connectivity index (χ0n) is 26.4.